The van der Waals surface area contributed by atoms with Crippen LogP contribution in [0.15, 0.2) is 24.3 Å². The first-order chi connectivity index (χ1) is 9.75. The molecule has 108 valence electrons. The summed E-state index contributed by atoms with van der Waals surface area (Å²) in [5, 5.41) is 0.782. The molecule has 0 bridgehead atoms. The number of carbonyl (C=O) groups is 1. The van der Waals surface area contributed by atoms with E-state index in [2.05, 4.69) is 25.1 Å². The standard InChI is InChI=1S/C17H23NOS/c1-13(20-15-8-3-2-4-9-15)17(19)18-12-11-14-7-5-6-10-16(14)18/h5-7,10,13,15H,2-4,8-9,11-12H2,1H3. The van der Waals surface area contributed by atoms with E-state index in [-0.39, 0.29) is 5.25 Å². The van der Waals surface area contributed by atoms with Gasteiger partial charge in [-0.05, 0) is 37.8 Å². The van der Waals surface area contributed by atoms with Crippen molar-refractivity contribution in [3.05, 3.63) is 29.8 Å². The van der Waals surface area contributed by atoms with Crippen molar-refractivity contribution in [2.75, 3.05) is 11.4 Å². The lowest BCUT2D eigenvalue weighted by Gasteiger charge is -2.26. The number of hydrogen-bond acceptors (Lipinski definition) is 2. The molecule has 1 saturated carbocycles. The number of benzene rings is 1. The van der Waals surface area contributed by atoms with Crippen molar-refractivity contribution >= 4 is 23.4 Å². The van der Waals surface area contributed by atoms with Gasteiger partial charge in [0.1, 0.15) is 0 Å². The maximum Gasteiger partial charge on any atom is 0.239 e. The molecule has 3 rings (SSSR count). The second-order valence-corrected chi connectivity index (χ2v) is 7.55. The van der Waals surface area contributed by atoms with Gasteiger partial charge in [-0.1, -0.05) is 37.5 Å². The van der Waals surface area contributed by atoms with Crippen LogP contribution < -0.4 is 4.90 Å². The summed E-state index contributed by atoms with van der Waals surface area (Å²) >= 11 is 1.90. The van der Waals surface area contributed by atoms with Crippen LogP contribution in [0.1, 0.15) is 44.6 Å². The SMILES string of the molecule is CC(SC1CCCCC1)C(=O)N1CCc2ccccc21. The van der Waals surface area contributed by atoms with Crippen molar-refractivity contribution in [2.24, 2.45) is 0 Å². The highest BCUT2D eigenvalue weighted by Crippen LogP contribution is 2.34. The summed E-state index contributed by atoms with van der Waals surface area (Å²) < 4.78 is 0. The number of nitrogens with zero attached hydrogens (tertiary/aromatic N) is 1. The van der Waals surface area contributed by atoms with Crippen LogP contribution in [-0.2, 0) is 11.2 Å². The Morgan fingerprint density at radius 2 is 2.00 bits per heavy atom. The van der Waals surface area contributed by atoms with Crippen LogP contribution in [0, 0.1) is 0 Å². The number of rotatable bonds is 3. The summed E-state index contributed by atoms with van der Waals surface area (Å²) in [5.41, 5.74) is 2.45. The van der Waals surface area contributed by atoms with Gasteiger partial charge in [0.25, 0.3) is 0 Å². The first-order valence-corrected chi connectivity index (χ1v) is 8.75. The number of para-hydroxylation sites is 1. The van der Waals surface area contributed by atoms with E-state index in [9.17, 15) is 4.79 Å². The summed E-state index contributed by atoms with van der Waals surface area (Å²) in [4.78, 5) is 14.7. The van der Waals surface area contributed by atoms with Crippen LogP contribution >= 0.6 is 11.8 Å². The number of anilines is 1. The maximum absolute atomic E-state index is 12.7. The Hall–Kier alpha value is -0.960. The maximum atomic E-state index is 12.7. The summed E-state index contributed by atoms with van der Waals surface area (Å²) in [6.07, 6.45) is 7.63. The van der Waals surface area contributed by atoms with E-state index >= 15 is 0 Å². The van der Waals surface area contributed by atoms with Gasteiger partial charge in [0.05, 0.1) is 5.25 Å². The first-order valence-electron chi connectivity index (χ1n) is 7.80. The van der Waals surface area contributed by atoms with Gasteiger partial charge < -0.3 is 4.90 Å². The quantitative estimate of drug-likeness (QED) is 0.837. The molecule has 3 heteroatoms. The third-order valence-electron chi connectivity index (χ3n) is 4.45. The third-order valence-corrected chi connectivity index (χ3v) is 5.92. The topological polar surface area (TPSA) is 20.3 Å². The number of fused-ring (bicyclic) bond motifs is 1. The number of carbonyl (C=O) groups excluding carboxylic acids is 1. The lowest BCUT2D eigenvalue weighted by Crippen LogP contribution is -2.36. The first kappa shape index (κ1) is 14.0. The molecule has 0 spiro atoms. The molecule has 1 fully saturated rings. The highest BCUT2D eigenvalue weighted by Gasteiger charge is 2.29. The van der Waals surface area contributed by atoms with Crippen molar-refractivity contribution in [3.63, 3.8) is 0 Å². The Bertz CT molecular complexity index is 482. The minimum Gasteiger partial charge on any atom is -0.311 e. The van der Waals surface area contributed by atoms with Gasteiger partial charge >= 0.3 is 0 Å². The molecule has 0 radical (unpaired) electrons. The van der Waals surface area contributed by atoms with Crippen LogP contribution in [0.5, 0.6) is 0 Å². The zero-order chi connectivity index (χ0) is 13.9. The predicted molar refractivity (Wildman–Crippen MR) is 86.4 cm³/mol. The molecule has 1 unspecified atom stereocenters. The van der Waals surface area contributed by atoms with Crippen LogP contribution in [0.25, 0.3) is 0 Å². The molecule has 0 aromatic heterocycles. The van der Waals surface area contributed by atoms with Gasteiger partial charge in [-0.25, -0.2) is 0 Å². The van der Waals surface area contributed by atoms with E-state index in [1.807, 2.05) is 22.7 Å². The highest BCUT2D eigenvalue weighted by molar-refractivity contribution is 8.01. The molecular formula is C17H23NOS. The van der Waals surface area contributed by atoms with E-state index in [1.54, 1.807) is 0 Å². The Labute approximate surface area is 125 Å². The zero-order valence-electron chi connectivity index (χ0n) is 12.2. The minimum absolute atomic E-state index is 0.0873. The lowest BCUT2D eigenvalue weighted by molar-refractivity contribution is -0.117. The number of amides is 1. The van der Waals surface area contributed by atoms with Gasteiger partial charge in [-0.2, -0.15) is 0 Å². The molecule has 1 aliphatic heterocycles. The summed E-state index contributed by atoms with van der Waals surface area (Å²) in [5.74, 6) is 0.297. The molecule has 20 heavy (non-hydrogen) atoms. The molecular weight excluding hydrogens is 266 g/mol. The van der Waals surface area contributed by atoms with E-state index in [1.165, 1.54) is 37.7 Å². The van der Waals surface area contributed by atoms with E-state index in [4.69, 9.17) is 0 Å². The minimum atomic E-state index is 0.0873. The monoisotopic (exact) mass is 289 g/mol. The van der Waals surface area contributed by atoms with Gasteiger partial charge in [0.2, 0.25) is 5.91 Å². The molecule has 0 saturated heterocycles. The Balaban J connectivity index is 1.64. The summed E-state index contributed by atoms with van der Waals surface area (Å²) in [7, 11) is 0. The zero-order valence-corrected chi connectivity index (χ0v) is 13.0. The molecule has 1 aromatic carbocycles. The predicted octanol–water partition coefficient (Wildman–Crippen LogP) is 4.03. The molecule has 2 aliphatic rings. The molecule has 1 amide bonds. The van der Waals surface area contributed by atoms with E-state index in [0.717, 1.165) is 18.7 Å². The van der Waals surface area contributed by atoms with Crippen molar-refractivity contribution in [2.45, 2.75) is 55.9 Å². The van der Waals surface area contributed by atoms with E-state index in [0.29, 0.717) is 11.2 Å². The van der Waals surface area contributed by atoms with Crippen LogP contribution in [0.2, 0.25) is 0 Å². The Kier molecular flexibility index (Phi) is 4.35. The van der Waals surface area contributed by atoms with Crippen LogP contribution in [-0.4, -0.2) is 23.0 Å². The average molecular weight is 289 g/mol. The fourth-order valence-electron chi connectivity index (χ4n) is 3.33. The molecule has 0 N–H and O–H groups in total. The van der Waals surface area contributed by atoms with Crippen molar-refractivity contribution in [3.8, 4) is 0 Å². The van der Waals surface area contributed by atoms with Gasteiger partial charge in [-0.15, -0.1) is 11.8 Å². The molecule has 1 atom stereocenters. The normalized spacial score (nSPS) is 20.8. The van der Waals surface area contributed by atoms with Crippen LogP contribution in [0.3, 0.4) is 0 Å². The Morgan fingerprint density at radius 3 is 2.80 bits per heavy atom. The Morgan fingerprint density at radius 1 is 1.25 bits per heavy atom. The largest absolute Gasteiger partial charge is 0.311 e. The molecule has 1 aliphatic carbocycles. The third kappa shape index (κ3) is 2.88. The fourth-order valence-corrected chi connectivity index (χ4v) is 4.76. The lowest BCUT2D eigenvalue weighted by atomic mass is 10.0. The average Bonchev–Trinajstić information content (AvgIpc) is 2.91. The second kappa shape index (κ2) is 6.21. The van der Waals surface area contributed by atoms with Crippen LogP contribution in [0.4, 0.5) is 5.69 Å². The summed E-state index contributed by atoms with van der Waals surface area (Å²) in [6.45, 7) is 2.94. The van der Waals surface area contributed by atoms with E-state index < -0.39 is 0 Å². The highest BCUT2D eigenvalue weighted by atomic mass is 32.2. The van der Waals surface area contributed by atoms with Gasteiger partial charge in [-0.3, -0.25) is 4.79 Å². The summed E-state index contributed by atoms with van der Waals surface area (Å²) in [6, 6.07) is 8.32. The molecule has 2 nitrogen and oxygen atoms in total. The van der Waals surface area contributed by atoms with Gasteiger partial charge in [0.15, 0.2) is 0 Å². The van der Waals surface area contributed by atoms with Crippen molar-refractivity contribution < 1.29 is 4.79 Å². The van der Waals surface area contributed by atoms with Crippen molar-refractivity contribution in [1.29, 1.82) is 0 Å². The molecule has 1 aromatic rings. The van der Waals surface area contributed by atoms with Gasteiger partial charge in [0, 0.05) is 17.5 Å². The molecule has 1 heterocycles. The van der Waals surface area contributed by atoms with Crippen molar-refractivity contribution in [1.82, 2.24) is 0 Å². The number of thioether (sulfide) groups is 1. The number of hydrogen-bond donors (Lipinski definition) is 0. The second-order valence-electron chi connectivity index (χ2n) is 5.91. The fraction of sp³-hybridized carbons (Fsp3) is 0.588. The smallest absolute Gasteiger partial charge is 0.239 e.